The highest BCUT2D eigenvalue weighted by atomic mass is 35.5. The van der Waals surface area contributed by atoms with Crippen LogP contribution in [-0.4, -0.2) is 32.9 Å². The molecule has 0 aromatic carbocycles. The normalized spacial score (nSPS) is 13.8. The summed E-state index contributed by atoms with van der Waals surface area (Å²) < 4.78 is 6.27. The molecule has 7 heteroatoms. The van der Waals surface area contributed by atoms with Crippen LogP contribution in [0.15, 0.2) is 0 Å². The summed E-state index contributed by atoms with van der Waals surface area (Å²) in [7, 11) is -1.88. The summed E-state index contributed by atoms with van der Waals surface area (Å²) in [6.07, 6.45) is 0.244. The van der Waals surface area contributed by atoms with E-state index in [4.69, 9.17) is 21.6 Å². The summed E-state index contributed by atoms with van der Waals surface area (Å²) in [5.41, 5.74) is 0. The van der Waals surface area contributed by atoms with Crippen LogP contribution >= 0.6 is 20.3 Å². The van der Waals surface area contributed by atoms with Crippen molar-refractivity contribution in [3.63, 3.8) is 0 Å². The Labute approximate surface area is 104 Å². The second kappa shape index (κ2) is 8.19. The van der Waals surface area contributed by atoms with Crippen LogP contribution in [0.3, 0.4) is 0 Å². The highest BCUT2D eigenvalue weighted by molar-refractivity contribution is 7.44. The molecule has 16 heavy (non-hydrogen) atoms. The lowest BCUT2D eigenvalue weighted by molar-refractivity contribution is 0.0437. The third-order valence-corrected chi connectivity index (χ3v) is 3.28. The first kappa shape index (κ1) is 16.1. The van der Waals surface area contributed by atoms with Gasteiger partial charge in [-0.05, 0) is 27.7 Å². The maximum atomic E-state index is 9.70. The number of nitrogens with zero attached hydrogens (tertiary/aromatic N) is 3. The van der Waals surface area contributed by atoms with Crippen molar-refractivity contribution in [1.82, 2.24) is 9.31 Å². The second-order valence-electron chi connectivity index (χ2n) is 3.80. The fraction of sp³-hybridized carbons (Fsp3) is 0.889. The van der Waals surface area contributed by atoms with Gasteiger partial charge < -0.3 is 9.42 Å². The lowest BCUT2D eigenvalue weighted by atomic mass is 10.3. The van der Waals surface area contributed by atoms with Gasteiger partial charge in [0.2, 0.25) is 0 Å². The van der Waals surface area contributed by atoms with Gasteiger partial charge in [0.1, 0.15) is 0 Å². The third kappa shape index (κ3) is 5.40. The van der Waals surface area contributed by atoms with Crippen molar-refractivity contribution in [1.29, 1.82) is 5.26 Å². The van der Waals surface area contributed by atoms with E-state index in [-0.39, 0.29) is 25.1 Å². The smallest absolute Gasteiger partial charge is 0.286 e. The van der Waals surface area contributed by atoms with Crippen LogP contribution in [-0.2, 0) is 4.52 Å². The van der Waals surface area contributed by atoms with Crippen LogP contribution in [0.1, 0.15) is 34.1 Å². The van der Waals surface area contributed by atoms with E-state index in [0.29, 0.717) is 0 Å². The van der Waals surface area contributed by atoms with Crippen molar-refractivity contribution < 1.29 is 9.42 Å². The highest BCUT2D eigenvalue weighted by Gasteiger charge is 2.27. The van der Waals surface area contributed by atoms with Gasteiger partial charge in [0, 0.05) is 23.9 Å². The summed E-state index contributed by atoms with van der Waals surface area (Å²) in [4.78, 5) is 9.70. The molecule has 0 heterocycles. The molecule has 0 radical (unpaired) electrons. The topological polar surface area (TPSA) is 59.7 Å². The molecule has 0 aromatic heterocycles. The maximum absolute atomic E-state index is 9.70. The molecule has 0 spiro atoms. The average molecular weight is 268 g/mol. The molecule has 0 aliphatic carbocycles. The van der Waals surface area contributed by atoms with Gasteiger partial charge in [0.05, 0.1) is 19.1 Å². The van der Waals surface area contributed by atoms with Crippen molar-refractivity contribution >= 4 is 20.3 Å². The van der Waals surface area contributed by atoms with E-state index in [1.807, 2.05) is 38.8 Å². The Balaban J connectivity index is 4.27. The first-order valence-electron chi connectivity index (χ1n) is 5.14. The quantitative estimate of drug-likeness (QED) is 0.333. The van der Waals surface area contributed by atoms with E-state index >= 15 is 0 Å². The van der Waals surface area contributed by atoms with Crippen molar-refractivity contribution in [3.05, 3.63) is 0 Å². The summed E-state index contributed by atoms with van der Waals surface area (Å²) in [5, 5.41) is 10.2. The number of nitriles is 1. The molecule has 0 rings (SSSR count). The third-order valence-electron chi connectivity index (χ3n) is 1.81. The monoisotopic (exact) mass is 267 g/mol. The molecule has 0 saturated carbocycles. The minimum atomic E-state index is -1.88. The lowest BCUT2D eigenvalue weighted by Crippen LogP contribution is -2.43. The highest BCUT2D eigenvalue weighted by Crippen LogP contribution is 2.41. The summed E-state index contributed by atoms with van der Waals surface area (Å²) >= 11 is 6.00. The number of hydrogen-bond acceptors (Lipinski definition) is 5. The van der Waals surface area contributed by atoms with Gasteiger partial charge in [-0.25, -0.2) is 5.01 Å². The van der Waals surface area contributed by atoms with Gasteiger partial charge in [0.25, 0.3) is 8.53 Å². The van der Waals surface area contributed by atoms with E-state index in [0.717, 1.165) is 0 Å². The molecule has 0 aromatic rings. The van der Waals surface area contributed by atoms with Gasteiger partial charge >= 0.3 is 0 Å². The lowest BCUT2D eigenvalue weighted by Gasteiger charge is -2.36. The summed E-state index contributed by atoms with van der Waals surface area (Å²) in [5.74, 6) is 0. The molecular formula is C9H19ClN3O2P. The molecular weight excluding hydrogens is 249 g/mol. The fourth-order valence-corrected chi connectivity index (χ4v) is 2.71. The SMILES string of the molecule is CC(C)N(C(C)C)N(Cl)P(O)OCCC#N. The standard InChI is InChI=1S/C9H19ClN3O2P/c1-8(2)12(9(3)4)13(10)16(14)15-7-5-6-11/h8-9,14H,5,7H2,1-4H3. The van der Waals surface area contributed by atoms with Gasteiger partial charge in [-0.3, -0.25) is 0 Å². The van der Waals surface area contributed by atoms with Crippen LogP contribution in [0, 0.1) is 11.3 Å². The van der Waals surface area contributed by atoms with Crippen LogP contribution in [0.5, 0.6) is 0 Å². The Morgan fingerprint density at radius 2 is 1.88 bits per heavy atom. The Kier molecular flexibility index (Phi) is 8.21. The zero-order valence-electron chi connectivity index (χ0n) is 10.1. The molecule has 94 valence electrons. The molecule has 0 bridgehead atoms. The van der Waals surface area contributed by atoms with Crippen LogP contribution in [0.25, 0.3) is 0 Å². The van der Waals surface area contributed by atoms with Crippen LogP contribution in [0.4, 0.5) is 0 Å². The van der Waals surface area contributed by atoms with Crippen molar-refractivity contribution in [3.8, 4) is 6.07 Å². The predicted octanol–water partition coefficient (Wildman–Crippen LogP) is 2.63. The van der Waals surface area contributed by atoms with E-state index in [9.17, 15) is 4.89 Å². The number of halogens is 1. The van der Waals surface area contributed by atoms with E-state index in [2.05, 4.69) is 0 Å². The van der Waals surface area contributed by atoms with Gasteiger partial charge in [-0.15, -0.1) is 0 Å². The van der Waals surface area contributed by atoms with Gasteiger partial charge in [-0.2, -0.15) is 5.26 Å². The summed E-state index contributed by atoms with van der Waals surface area (Å²) in [6.45, 7) is 8.11. The summed E-state index contributed by atoms with van der Waals surface area (Å²) in [6, 6.07) is 2.26. The molecule has 0 fully saturated rings. The van der Waals surface area contributed by atoms with Crippen LogP contribution in [0.2, 0.25) is 0 Å². The number of hydrogen-bond donors (Lipinski definition) is 1. The van der Waals surface area contributed by atoms with Gasteiger partial charge in [0.15, 0.2) is 0 Å². The minimum absolute atomic E-state index is 0.161. The zero-order chi connectivity index (χ0) is 12.7. The zero-order valence-corrected chi connectivity index (χ0v) is 11.7. The van der Waals surface area contributed by atoms with E-state index in [1.54, 1.807) is 0 Å². The second-order valence-corrected chi connectivity index (χ2v) is 5.50. The molecule has 1 atom stereocenters. The van der Waals surface area contributed by atoms with Crippen molar-refractivity contribution in [2.24, 2.45) is 0 Å². The number of rotatable bonds is 7. The van der Waals surface area contributed by atoms with Crippen molar-refractivity contribution in [2.75, 3.05) is 6.61 Å². The van der Waals surface area contributed by atoms with Crippen LogP contribution < -0.4 is 0 Å². The number of hydrazine groups is 1. The first-order valence-corrected chi connectivity index (χ1v) is 6.65. The molecule has 0 saturated heterocycles. The largest absolute Gasteiger partial charge is 0.336 e. The van der Waals surface area contributed by atoms with Crippen molar-refractivity contribution in [2.45, 2.75) is 46.2 Å². The average Bonchev–Trinajstić information content (AvgIpc) is 2.16. The molecule has 1 N–H and O–H groups in total. The molecule has 0 amide bonds. The fourth-order valence-electron chi connectivity index (χ4n) is 1.29. The first-order chi connectivity index (χ1) is 7.41. The molecule has 0 aliphatic heterocycles. The Morgan fingerprint density at radius 3 is 2.25 bits per heavy atom. The Morgan fingerprint density at radius 1 is 1.38 bits per heavy atom. The van der Waals surface area contributed by atoms with Gasteiger partial charge in [-0.1, -0.05) is 4.30 Å². The minimum Gasteiger partial charge on any atom is -0.336 e. The Hall–Kier alpha value is 0.0500. The van der Waals surface area contributed by atoms with E-state index in [1.165, 1.54) is 4.30 Å². The Bertz CT molecular complexity index is 227. The van der Waals surface area contributed by atoms with E-state index < -0.39 is 8.53 Å². The molecule has 5 nitrogen and oxygen atoms in total. The molecule has 1 unspecified atom stereocenters. The maximum Gasteiger partial charge on any atom is 0.286 e. The molecule has 0 aliphatic rings. The predicted molar refractivity (Wildman–Crippen MR) is 65.1 cm³/mol.